The fourth-order valence-electron chi connectivity index (χ4n) is 1.03. The van der Waals surface area contributed by atoms with Crippen LogP contribution in [0.15, 0.2) is 38.6 Å². The van der Waals surface area contributed by atoms with E-state index in [-0.39, 0.29) is 111 Å². The first-order valence-electron chi connectivity index (χ1n) is 9.42. The zero-order valence-corrected chi connectivity index (χ0v) is 34.1. The largest absolute Gasteiger partial charge is 1.00 e. The molecule has 3 aromatic heterocycles. The number of terminal acetylenes is 2. The van der Waals surface area contributed by atoms with Gasteiger partial charge in [-0.05, 0) is 27.8 Å². The van der Waals surface area contributed by atoms with Crippen LogP contribution < -0.4 is 108 Å². The Morgan fingerprint density at radius 3 is 1.53 bits per heavy atom. The zero-order valence-electron chi connectivity index (χ0n) is 22.9. The number of aromatic nitrogens is 3. The molecule has 0 fully saturated rings. The Bertz CT molecular complexity index is 1040. The monoisotopic (exact) mass is 691 g/mol. The Labute approximate surface area is 324 Å². The number of carbonyl (C=O) groups excluding carboxylic acids is 1. The van der Waals surface area contributed by atoms with E-state index in [0.717, 1.165) is 13.9 Å². The van der Waals surface area contributed by atoms with Crippen LogP contribution in [0.3, 0.4) is 0 Å². The Hall–Kier alpha value is 1.19. The van der Waals surface area contributed by atoms with Gasteiger partial charge in [-0.3, -0.25) is 4.79 Å². The van der Waals surface area contributed by atoms with E-state index >= 15 is 0 Å². The van der Waals surface area contributed by atoms with Crippen LogP contribution >= 0.6 is 49.9 Å². The van der Waals surface area contributed by atoms with E-state index in [1.807, 2.05) is 16.1 Å². The van der Waals surface area contributed by atoms with E-state index < -0.39 is 16.1 Å². The third-order valence-electron chi connectivity index (χ3n) is 2.41. The normalized spacial score (nSPS) is 8.50. The van der Waals surface area contributed by atoms with Crippen molar-refractivity contribution in [3.05, 3.63) is 48.7 Å². The van der Waals surface area contributed by atoms with Gasteiger partial charge in [-0.25, -0.2) is 15.0 Å². The Morgan fingerprint density at radius 2 is 1.33 bits per heavy atom. The van der Waals surface area contributed by atoms with Crippen molar-refractivity contribution in [1.82, 2.24) is 15.0 Å². The fraction of sp³-hybridized carbons (Fsp3) is 0.273. The van der Waals surface area contributed by atoms with Gasteiger partial charge >= 0.3 is 103 Å². The molecule has 184 valence electrons. The topological polar surface area (TPSA) is 88.0 Å². The number of hydrogen-bond acceptors (Lipinski definition) is 9. The predicted molar refractivity (Wildman–Crippen MR) is 153 cm³/mol. The molecule has 0 bridgehead atoms. The Balaban J connectivity index is -0.000000118. The van der Waals surface area contributed by atoms with Crippen LogP contribution in [0.2, 0.25) is 39.3 Å². The molecule has 0 unspecified atom stereocenters. The number of hydrogen-bond donors (Lipinski definition) is 0. The Kier molecular flexibility index (Phi) is 34.1. The first-order valence-corrected chi connectivity index (χ1v) is 19.9. The molecule has 0 N–H and O–H groups in total. The number of nitrogens with zero attached hydrogens (tertiary/aromatic N) is 3. The van der Waals surface area contributed by atoms with E-state index in [2.05, 4.69) is 98.0 Å². The van der Waals surface area contributed by atoms with Crippen molar-refractivity contribution in [3.8, 4) is 35.8 Å². The molecule has 0 saturated heterocycles. The van der Waals surface area contributed by atoms with Gasteiger partial charge in [-0.15, -0.1) is 57.9 Å². The van der Waals surface area contributed by atoms with Crippen molar-refractivity contribution in [2.75, 3.05) is 0 Å². The summed E-state index contributed by atoms with van der Waals surface area (Å²) in [6, 6.07) is 0. The van der Waals surface area contributed by atoms with Crippen LogP contribution in [-0.2, 0) is 9.68 Å². The summed E-state index contributed by atoms with van der Waals surface area (Å²) in [6.07, 6.45) is 15.4. The minimum absolute atomic E-state index is 0. The van der Waals surface area contributed by atoms with E-state index in [1.54, 1.807) is 41.3 Å². The van der Waals surface area contributed by atoms with Gasteiger partial charge in [0.05, 0.1) is 0 Å². The average Bonchev–Trinajstić information content (AvgIpc) is 3.56. The summed E-state index contributed by atoms with van der Waals surface area (Å²) in [6.45, 7) is 12.9. The van der Waals surface area contributed by atoms with Crippen LogP contribution in [0.4, 0.5) is 0 Å². The van der Waals surface area contributed by atoms with Gasteiger partial charge in [-0.1, -0.05) is 39.3 Å². The van der Waals surface area contributed by atoms with E-state index in [0.29, 0.717) is 0 Å². The minimum atomic E-state index is -1.21. The van der Waals surface area contributed by atoms with Crippen molar-refractivity contribution in [2.45, 2.75) is 39.3 Å². The van der Waals surface area contributed by atoms with Crippen LogP contribution in [0.1, 0.15) is 11.4 Å². The molecule has 6 nitrogen and oxygen atoms in total. The summed E-state index contributed by atoms with van der Waals surface area (Å²) in [5.41, 5.74) is 6.00. The van der Waals surface area contributed by atoms with Crippen molar-refractivity contribution < 1.29 is 119 Å². The molecule has 3 rings (SSSR count). The summed E-state index contributed by atoms with van der Waals surface area (Å²) in [4.78, 5) is 23.0. The second-order valence-electron chi connectivity index (χ2n) is 7.69. The van der Waals surface area contributed by atoms with Crippen LogP contribution in [0.25, 0.3) is 0 Å². The minimum Gasteiger partial charge on any atom is -1.00 e. The SMILES string of the molecule is Brc1nccs1.C#C[Si](C)(C)C.C#Cc1nccs1.C[Si](C)(C)C#Cc1nccs1.O=CO[O-].[H-].[K+].[K+]. The van der Waals surface area contributed by atoms with Crippen molar-refractivity contribution in [2.24, 2.45) is 0 Å². The maximum absolute atomic E-state index is 8.64. The van der Waals surface area contributed by atoms with E-state index in [1.165, 1.54) is 11.3 Å². The molecule has 3 heterocycles. The maximum Gasteiger partial charge on any atom is 1.00 e. The van der Waals surface area contributed by atoms with Crippen LogP contribution in [-0.4, -0.2) is 37.6 Å². The summed E-state index contributed by atoms with van der Waals surface area (Å²) < 4.78 is 0.947. The molecule has 0 atom stereocenters. The molecule has 0 saturated carbocycles. The number of thiazole rings is 3. The number of carbonyl (C=O) groups is 1. The first kappa shape index (κ1) is 44.2. The third-order valence-corrected chi connectivity index (χ3v) is 6.86. The van der Waals surface area contributed by atoms with Crippen molar-refractivity contribution in [3.63, 3.8) is 0 Å². The zero-order chi connectivity index (χ0) is 26.5. The van der Waals surface area contributed by atoms with E-state index in [4.69, 9.17) is 22.9 Å². The molecule has 0 aromatic carbocycles. The number of rotatable bonds is 1. The Morgan fingerprint density at radius 1 is 0.917 bits per heavy atom. The van der Waals surface area contributed by atoms with Crippen molar-refractivity contribution in [1.29, 1.82) is 0 Å². The van der Waals surface area contributed by atoms with Crippen LogP contribution in [0, 0.1) is 35.8 Å². The van der Waals surface area contributed by atoms with Gasteiger partial charge in [0.25, 0.3) is 6.47 Å². The molecule has 0 spiro atoms. The summed E-state index contributed by atoms with van der Waals surface area (Å²) in [7, 11) is -2.31. The van der Waals surface area contributed by atoms with E-state index in [9.17, 15) is 0 Å². The van der Waals surface area contributed by atoms with Gasteiger partial charge in [0.15, 0.2) is 13.9 Å². The molecule has 0 radical (unpaired) electrons. The summed E-state index contributed by atoms with van der Waals surface area (Å²) in [5, 5.41) is 15.8. The van der Waals surface area contributed by atoms with Crippen molar-refractivity contribution >= 4 is 72.6 Å². The molecule has 0 aliphatic carbocycles. The average molecular weight is 693 g/mol. The predicted octanol–water partition coefficient (Wildman–Crippen LogP) is -0.546. The second kappa shape index (κ2) is 27.7. The van der Waals surface area contributed by atoms with Crippen LogP contribution in [0.5, 0.6) is 0 Å². The molecular weight excluding hydrogens is 665 g/mol. The third kappa shape index (κ3) is 35.2. The molecule has 3 aromatic rings. The molecular formula is C22H28BrK2N3O3S3Si2. The smallest absolute Gasteiger partial charge is 1.00 e. The second-order valence-corrected chi connectivity index (χ2v) is 21.2. The molecule has 0 amide bonds. The van der Waals surface area contributed by atoms with Gasteiger partial charge in [0, 0.05) is 34.7 Å². The van der Waals surface area contributed by atoms with Gasteiger partial charge in [0.1, 0.15) is 16.1 Å². The number of halogens is 1. The fourth-order valence-corrected chi connectivity index (χ4v) is 3.33. The molecule has 36 heavy (non-hydrogen) atoms. The summed E-state index contributed by atoms with van der Waals surface area (Å²) in [5.74, 6) is 5.50. The van der Waals surface area contributed by atoms with Gasteiger partial charge in [-0.2, -0.15) is 0 Å². The first-order chi connectivity index (χ1) is 15.9. The maximum atomic E-state index is 8.64. The standard InChI is InChI=1S/C8H11NSSi.C5H3NS.C5H10Si.C3H2BrNS.CH2O3.2K.H/c1-11(2,3)7-4-8-9-5-6-10-8;1-2-5-6-3-4-7-5;1-5-6(2,3)4;4-3-5-1-2-6-3;2-1-4-3;;;/h5-6H,1-3H3;1,3-4H;1H,2-4H3;1-2H;1,3H;;;/q;;;;;2*+1;-1/p-1. The quantitative estimate of drug-likeness (QED) is 0.112. The van der Waals surface area contributed by atoms with Gasteiger partial charge < -0.3 is 11.6 Å². The molecule has 0 aliphatic rings. The molecule has 14 heteroatoms. The summed E-state index contributed by atoms with van der Waals surface area (Å²) >= 11 is 7.85. The van der Waals surface area contributed by atoms with Gasteiger partial charge in [0.2, 0.25) is 0 Å². The molecule has 0 aliphatic heterocycles.